The standard InChI is InChI=1S/C27H37N3O5/c1-3-6-22(24(32)28-17-31)30-12-18-11-19(9-10-20(18)25(30)33)35-23-8-5-4-7-21(23)29-15-27(16-29)13-26(2,34)14-27/h9-11,17,21-23,34H,3-8,12-16H2,1-2H3,(H,28,31,32). The number of ether oxygens (including phenoxy) is 1. The van der Waals surface area contributed by atoms with Gasteiger partial charge in [0.1, 0.15) is 17.9 Å². The van der Waals surface area contributed by atoms with Gasteiger partial charge >= 0.3 is 0 Å². The third kappa shape index (κ3) is 4.58. The molecule has 2 saturated carbocycles. The predicted octanol–water partition coefficient (Wildman–Crippen LogP) is 2.62. The molecule has 2 heterocycles. The predicted molar refractivity (Wildman–Crippen MR) is 130 cm³/mol. The fourth-order valence-corrected chi connectivity index (χ4v) is 7.15. The van der Waals surface area contributed by atoms with Gasteiger partial charge in [0.2, 0.25) is 12.3 Å². The lowest BCUT2D eigenvalue weighted by atomic mass is 9.55. The molecule has 4 aliphatic rings. The van der Waals surface area contributed by atoms with E-state index in [1.807, 2.05) is 26.0 Å². The minimum atomic E-state index is -0.664. The SMILES string of the molecule is CCCC(C(=O)NC=O)N1Cc2cc(OC3CCCCC3N3CC4(C3)CC(C)(O)C4)ccc2C1=O. The maximum atomic E-state index is 13.0. The van der Waals surface area contributed by atoms with Gasteiger partial charge in [0, 0.05) is 36.7 Å². The molecule has 0 radical (unpaired) electrons. The Morgan fingerprint density at radius 2 is 2.03 bits per heavy atom. The number of fused-ring (bicyclic) bond motifs is 1. The molecule has 3 amide bonds. The minimum Gasteiger partial charge on any atom is -0.489 e. The second kappa shape index (κ2) is 9.21. The zero-order valence-corrected chi connectivity index (χ0v) is 20.8. The van der Waals surface area contributed by atoms with Crippen molar-refractivity contribution in [3.05, 3.63) is 29.3 Å². The third-order valence-electron chi connectivity index (χ3n) is 8.36. The van der Waals surface area contributed by atoms with Gasteiger partial charge in [-0.05, 0) is 69.2 Å². The van der Waals surface area contributed by atoms with Crippen LogP contribution in [0.15, 0.2) is 18.2 Å². The van der Waals surface area contributed by atoms with Crippen molar-refractivity contribution in [2.75, 3.05) is 13.1 Å². The summed E-state index contributed by atoms with van der Waals surface area (Å²) in [6, 6.07) is 5.34. The Bertz CT molecular complexity index is 993. The van der Waals surface area contributed by atoms with E-state index >= 15 is 0 Å². The Morgan fingerprint density at radius 3 is 2.71 bits per heavy atom. The van der Waals surface area contributed by atoms with Crippen molar-refractivity contribution in [3.63, 3.8) is 0 Å². The smallest absolute Gasteiger partial charge is 0.255 e. The number of likely N-dealkylation sites (tertiary alicyclic amines) is 1. The molecular formula is C27H37N3O5. The molecule has 1 aromatic rings. The zero-order chi connectivity index (χ0) is 24.8. The average Bonchev–Trinajstić information content (AvgIpc) is 3.10. The molecule has 3 unspecified atom stereocenters. The number of nitrogens with one attached hydrogen (secondary N) is 1. The second-order valence-electron chi connectivity index (χ2n) is 11.4. The molecule has 2 N–H and O–H groups in total. The van der Waals surface area contributed by atoms with Gasteiger partial charge in [-0.1, -0.05) is 19.8 Å². The summed E-state index contributed by atoms with van der Waals surface area (Å²) < 4.78 is 6.53. The molecule has 190 valence electrons. The van der Waals surface area contributed by atoms with Crippen molar-refractivity contribution in [1.29, 1.82) is 0 Å². The summed E-state index contributed by atoms with van der Waals surface area (Å²) in [5, 5.41) is 12.4. The maximum Gasteiger partial charge on any atom is 0.255 e. The van der Waals surface area contributed by atoms with Crippen molar-refractivity contribution in [1.82, 2.24) is 15.1 Å². The Hall–Kier alpha value is -2.45. The lowest BCUT2D eigenvalue weighted by Crippen LogP contribution is -2.70. The number of hydrogen-bond donors (Lipinski definition) is 2. The first-order chi connectivity index (χ1) is 16.7. The molecular weight excluding hydrogens is 446 g/mol. The number of nitrogens with zero attached hydrogens (tertiary/aromatic N) is 2. The Morgan fingerprint density at radius 1 is 1.29 bits per heavy atom. The fraction of sp³-hybridized carbons (Fsp3) is 0.667. The molecule has 1 saturated heterocycles. The average molecular weight is 484 g/mol. The molecule has 1 aromatic carbocycles. The first kappa shape index (κ1) is 24.3. The van der Waals surface area contributed by atoms with Gasteiger partial charge in [-0.25, -0.2) is 0 Å². The number of carbonyl (C=O) groups is 3. The molecule has 8 heteroatoms. The van der Waals surface area contributed by atoms with Gasteiger partial charge in [0.15, 0.2) is 0 Å². The van der Waals surface area contributed by atoms with Gasteiger partial charge in [0.05, 0.1) is 5.60 Å². The topological polar surface area (TPSA) is 99.2 Å². The van der Waals surface area contributed by atoms with Crippen LogP contribution in [-0.2, 0) is 16.1 Å². The number of hydrogen-bond acceptors (Lipinski definition) is 6. The molecule has 1 spiro atoms. The van der Waals surface area contributed by atoms with Crippen LogP contribution in [0.5, 0.6) is 5.75 Å². The van der Waals surface area contributed by atoms with Crippen molar-refractivity contribution in [3.8, 4) is 5.75 Å². The largest absolute Gasteiger partial charge is 0.489 e. The first-order valence-electron chi connectivity index (χ1n) is 13.1. The van der Waals surface area contributed by atoms with E-state index in [-0.39, 0.29) is 12.0 Å². The molecule has 8 nitrogen and oxygen atoms in total. The summed E-state index contributed by atoms with van der Waals surface area (Å²) in [7, 11) is 0. The van der Waals surface area contributed by atoms with Crippen LogP contribution in [-0.4, -0.2) is 70.0 Å². The highest BCUT2D eigenvalue weighted by atomic mass is 16.5. The van der Waals surface area contributed by atoms with Crippen molar-refractivity contribution in [2.45, 2.75) is 95.5 Å². The second-order valence-corrected chi connectivity index (χ2v) is 11.4. The molecule has 2 aliphatic heterocycles. The van der Waals surface area contributed by atoms with Crippen LogP contribution in [0.25, 0.3) is 0 Å². The van der Waals surface area contributed by atoms with Gasteiger partial charge in [0.25, 0.3) is 5.91 Å². The Labute approximate surface area is 207 Å². The van der Waals surface area contributed by atoms with Crippen molar-refractivity contribution < 1.29 is 24.2 Å². The number of carbonyl (C=O) groups excluding carboxylic acids is 3. The minimum absolute atomic E-state index is 0.110. The van der Waals surface area contributed by atoms with Gasteiger partial charge in [-0.2, -0.15) is 0 Å². The molecule has 3 fully saturated rings. The van der Waals surface area contributed by atoms with Crippen molar-refractivity contribution in [2.24, 2.45) is 5.41 Å². The van der Waals surface area contributed by atoms with Crippen LogP contribution in [0.2, 0.25) is 0 Å². The lowest BCUT2D eigenvalue weighted by Gasteiger charge is -2.64. The third-order valence-corrected chi connectivity index (χ3v) is 8.36. The highest BCUT2D eigenvalue weighted by molar-refractivity contribution is 6.02. The van der Waals surface area contributed by atoms with Crippen LogP contribution in [0.1, 0.15) is 81.1 Å². The number of benzene rings is 1. The summed E-state index contributed by atoms with van der Waals surface area (Å²) in [6.45, 7) is 6.32. The van der Waals surface area contributed by atoms with Crippen LogP contribution >= 0.6 is 0 Å². The first-order valence-corrected chi connectivity index (χ1v) is 13.1. The summed E-state index contributed by atoms with van der Waals surface area (Å²) in [4.78, 5) is 40.3. The summed E-state index contributed by atoms with van der Waals surface area (Å²) in [5.41, 5.74) is 1.27. The molecule has 0 aromatic heterocycles. The quantitative estimate of drug-likeness (QED) is 0.552. The van der Waals surface area contributed by atoms with E-state index < -0.39 is 17.6 Å². The Balaban J connectivity index is 1.25. The van der Waals surface area contributed by atoms with Crippen LogP contribution in [0.4, 0.5) is 0 Å². The van der Waals surface area contributed by atoms with E-state index in [4.69, 9.17) is 4.74 Å². The maximum absolute atomic E-state index is 13.0. The molecule has 3 atom stereocenters. The van der Waals surface area contributed by atoms with Crippen LogP contribution in [0, 0.1) is 5.41 Å². The monoisotopic (exact) mass is 483 g/mol. The summed E-state index contributed by atoms with van der Waals surface area (Å²) >= 11 is 0. The summed E-state index contributed by atoms with van der Waals surface area (Å²) in [5.74, 6) is 0.148. The number of rotatable bonds is 8. The highest BCUT2D eigenvalue weighted by Crippen LogP contribution is 2.55. The molecule has 0 bridgehead atoms. The summed E-state index contributed by atoms with van der Waals surface area (Å²) in [6.07, 6.45) is 8.00. The van der Waals surface area contributed by atoms with Gasteiger partial charge < -0.3 is 14.7 Å². The molecule has 35 heavy (non-hydrogen) atoms. The van der Waals surface area contributed by atoms with Gasteiger partial charge in [-0.15, -0.1) is 0 Å². The highest BCUT2D eigenvalue weighted by Gasteiger charge is 2.58. The number of aliphatic hydroxyl groups is 1. The van der Waals surface area contributed by atoms with E-state index in [2.05, 4.69) is 10.2 Å². The van der Waals surface area contributed by atoms with E-state index in [9.17, 15) is 19.5 Å². The number of imide groups is 1. The number of amides is 3. The van der Waals surface area contributed by atoms with Crippen LogP contribution in [0.3, 0.4) is 0 Å². The normalized spacial score (nSPS) is 27.5. The molecule has 2 aliphatic carbocycles. The zero-order valence-electron chi connectivity index (χ0n) is 20.8. The van der Waals surface area contributed by atoms with Gasteiger partial charge in [-0.3, -0.25) is 24.6 Å². The molecule has 5 rings (SSSR count). The van der Waals surface area contributed by atoms with E-state index in [0.29, 0.717) is 36.4 Å². The van der Waals surface area contributed by atoms with E-state index in [0.717, 1.165) is 62.9 Å². The van der Waals surface area contributed by atoms with Crippen molar-refractivity contribution >= 4 is 18.2 Å². The lowest BCUT2D eigenvalue weighted by molar-refractivity contribution is -0.198. The Kier molecular flexibility index (Phi) is 6.38. The van der Waals surface area contributed by atoms with E-state index in [1.165, 1.54) is 6.42 Å². The fourth-order valence-electron chi connectivity index (χ4n) is 7.15. The van der Waals surface area contributed by atoms with E-state index in [1.54, 1.807) is 11.0 Å². The van der Waals surface area contributed by atoms with Crippen LogP contribution < -0.4 is 10.1 Å².